The van der Waals surface area contributed by atoms with Crippen LogP contribution in [0.1, 0.15) is 59.3 Å². The molecule has 7 rings (SSSR count). The molecule has 0 bridgehead atoms. The van der Waals surface area contributed by atoms with Gasteiger partial charge in [0.1, 0.15) is 0 Å². The monoisotopic (exact) mass is 868 g/mol. The molecule has 2 heterocycles. The molecule has 1 aliphatic carbocycles. The third-order valence-electron chi connectivity index (χ3n) is 11.4. The van der Waals surface area contributed by atoms with Crippen LogP contribution in [0.25, 0.3) is 0 Å². The van der Waals surface area contributed by atoms with Gasteiger partial charge in [-0.1, -0.05) is 41.9 Å². The average Bonchev–Trinajstić information content (AvgIpc) is 3.53. The molecule has 0 radical (unpaired) electrons. The van der Waals surface area contributed by atoms with Crippen LogP contribution in [-0.4, -0.2) is 93.1 Å². The summed E-state index contributed by atoms with van der Waals surface area (Å²) in [4.78, 5) is 18.0. The fourth-order valence-electron chi connectivity index (χ4n) is 8.38. The number of anilines is 2. The minimum Gasteiger partial charge on any atom is -0.493 e. The van der Waals surface area contributed by atoms with Gasteiger partial charge in [-0.25, -0.2) is 8.42 Å². The van der Waals surface area contributed by atoms with Crippen LogP contribution in [-0.2, 0) is 22.8 Å². The van der Waals surface area contributed by atoms with Crippen molar-refractivity contribution in [2.24, 2.45) is 11.8 Å². The molecule has 2 atom stereocenters. The van der Waals surface area contributed by atoms with Crippen molar-refractivity contribution >= 4 is 51.0 Å². The lowest BCUT2D eigenvalue weighted by Gasteiger charge is -2.32. The maximum atomic E-state index is 12.9. The van der Waals surface area contributed by atoms with Gasteiger partial charge in [0.25, 0.3) is 0 Å². The predicted octanol–water partition coefficient (Wildman–Crippen LogP) is 8.13. The van der Waals surface area contributed by atoms with E-state index in [0.717, 1.165) is 81.0 Å². The van der Waals surface area contributed by atoms with E-state index in [1.807, 2.05) is 31.2 Å². The zero-order chi connectivity index (χ0) is 41.4. The molecule has 0 spiro atoms. The van der Waals surface area contributed by atoms with Crippen LogP contribution < -0.4 is 34.5 Å². The average molecular weight is 870 g/mol. The number of nitrogens with zero attached hydrogens (tertiary/aromatic N) is 2. The number of rotatable bonds is 13. The summed E-state index contributed by atoms with van der Waals surface area (Å²) >= 11 is 6.26. The van der Waals surface area contributed by atoms with Crippen LogP contribution in [0, 0.1) is 11.8 Å². The van der Waals surface area contributed by atoms with Gasteiger partial charge in [-0.3, -0.25) is 9.69 Å². The van der Waals surface area contributed by atoms with E-state index in [9.17, 15) is 13.2 Å². The van der Waals surface area contributed by atoms with Crippen molar-refractivity contribution in [3.63, 3.8) is 0 Å². The number of fused-ring (bicyclic) bond motifs is 1. The van der Waals surface area contributed by atoms with Gasteiger partial charge >= 0.3 is 0 Å². The number of halogens is 2. The Morgan fingerprint density at radius 3 is 2.14 bits per heavy atom. The van der Waals surface area contributed by atoms with Crippen molar-refractivity contribution in [3.05, 3.63) is 100 Å². The molecule has 2 aliphatic heterocycles. The summed E-state index contributed by atoms with van der Waals surface area (Å²) in [5.41, 5.74) is 5.61. The molecule has 320 valence electrons. The van der Waals surface area contributed by atoms with Gasteiger partial charge in [-0.2, -0.15) is 0 Å². The molecule has 3 aliphatic rings. The van der Waals surface area contributed by atoms with E-state index in [2.05, 4.69) is 50.8 Å². The quantitative estimate of drug-likeness (QED) is 0.136. The smallest absolute Gasteiger partial charge is 0.177 e. The highest BCUT2D eigenvalue weighted by molar-refractivity contribution is 7.90. The predicted molar refractivity (Wildman–Crippen MR) is 239 cm³/mol. The first kappa shape index (κ1) is 45.9. The van der Waals surface area contributed by atoms with E-state index in [1.165, 1.54) is 24.7 Å². The number of piperazine rings is 1. The number of methoxy groups -OCH3 is 4. The minimum atomic E-state index is -3.42. The number of sulfone groups is 1. The number of hydrogen-bond acceptors (Lipinski definition) is 11. The number of piperidine rings is 1. The van der Waals surface area contributed by atoms with Crippen molar-refractivity contribution in [2.45, 2.75) is 50.1 Å². The molecule has 2 saturated heterocycles. The minimum absolute atomic E-state index is 0. The van der Waals surface area contributed by atoms with Crippen molar-refractivity contribution in [1.29, 1.82) is 0 Å². The molecule has 11 nitrogen and oxygen atoms in total. The first-order valence-electron chi connectivity index (χ1n) is 19.9. The number of nitrogens with one attached hydrogen (secondary N) is 2. The van der Waals surface area contributed by atoms with E-state index in [-0.39, 0.29) is 35.0 Å². The molecule has 2 fully saturated rings. The van der Waals surface area contributed by atoms with E-state index in [4.69, 9.17) is 30.5 Å². The number of carbonyl (C=O) groups excluding carboxylic acids is 1. The Morgan fingerprint density at radius 1 is 0.847 bits per heavy atom. The second-order valence-corrected chi connectivity index (χ2v) is 17.8. The Bertz CT molecular complexity index is 2140. The SMILES string of the molecule is COc1cc(Cl)cc(C(C)Nc2cc(N3CCNCC3)ccc2S(C)(=O)=O)c1OC.COc1cc2c(cc1OC)C(=O)C(CC1CCN(Cc3ccccc3)CC1)C2.Cl. The number of Topliss-reactive ketones (excluding diaryl/α,β-unsaturated/α-hetero) is 1. The zero-order valence-corrected chi connectivity index (χ0v) is 37.3. The van der Waals surface area contributed by atoms with Crippen LogP contribution >= 0.6 is 24.0 Å². The van der Waals surface area contributed by atoms with Crippen molar-refractivity contribution in [3.8, 4) is 23.0 Å². The molecule has 59 heavy (non-hydrogen) atoms. The summed E-state index contributed by atoms with van der Waals surface area (Å²) in [6, 6.07) is 23.1. The Kier molecular flexibility index (Phi) is 16.2. The summed E-state index contributed by atoms with van der Waals surface area (Å²) in [7, 11) is 2.95. The Morgan fingerprint density at radius 2 is 1.51 bits per heavy atom. The summed E-state index contributed by atoms with van der Waals surface area (Å²) in [5, 5.41) is 7.18. The van der Waals surface area contributed by atoms with Crippen LogP contribution in [0.5, 0.6) is 23.0 Å². The number of carbonyl (C=O) groups is 1. The van der Waals surface area contributed by atoms with E-state index in [1.54, 1.807) is 46.6 Å². The Labute approximate surface area is 361 Å². The number of likely N-dealkylation sites (tertiary alicyclic amines) is 1. The van der Waals surface area contributed by atoms with Crippen LogP contribution in [0.3, 0.4) is 0 Å². The fraction of sp³-hybridized carbons (Fsp3) is 0.444. The second-order valence-electron chi connectivity index (χ2n) is 15.4. The van der Waals surface area contributed by atoms with Gasteiger partial charge in [0.15, 0.2) is 38.6 Å². The van der Waals surface area contributed by atoms with E-state index in [0.29, 0.717) is 39.6 Å². The largest absolute Gasteiger partial charge is 0.493 e. The summed E-state index contributed by atoms with van der Waals surface area (Å²) < 4.78 is 46.5. The maximum absolute atomic E-state index is 12.9. The first-order valence-corrected chi connectivity index (χ1v) is 22.2. The zero-order valence-electron chi connectivity index (χ0n) is 34.9. The molecule has 0 saturated carbocycles. The molecular weight excluding hydrogens is 811 g/mol. The van der Waals surface area contributed by atoms with Crippen molar-refractivity contribution < 1.29 is 32.2 Å². The van der Waals surface area contributed by atoms with Crippen LogP contribution in [0.4, 0.5) is 11.4 Å². The molecule has 0 aromatic heterocycles. The van der Waals surface area contributed by atoms with Crippen molar-refractivity contribution in [1.82, 2.24) is 10.2 Å². The second kappa shape index (κ2) is 20.9. The van der Waals surface area contributed by atoms with Gasteiger partial charge < -0.3 is 34.5 Å². The highest BCUT2D eigenvalue weighted by Gasteiger charge is 2.34. The summed E-state index contributed by atoms with van der Waals surface area (Å²) in [6.45, 7) is 8.72. The Hall–Kier alpha value is -4.20. The molecule has 0 amide bonds. The standard InChI is InChI=1S/C24H29NO3.C21H28ClN3O4S.ClH/c1-27-22-14-19-13-20(24(26)21(19)15-23(22)28-2)12-17-8-10-25(11-9-17)16-18-6-4-3-5-7-18;1-14(17-11-15(22)12-19(28-2)21(17)29-3)24-18-13-16(25-9-7-23-8-10-25)5-6-20(18)30(4,26)27;/h3-7,14-15,17,20H,8-13,16H2,1-2H3;5-6,11-14,23-24H,7-10H2,1-4H3;1H. The normalized spacial score (nSPS) is 17.5. The van der Waals surface area contributed by atoms with E-state index >= 15 is 0 Å². The molecule has 4 aromatic carbocycles. The van der Waals surface area contributed by atoms with E-state index < -0.39 is 9.84 Å². The molecular formula is C45H58Cl2N4O7S. The van der Waals surface area contributed by atoms with Gasteiger partial charge in [-0.05, 0) is 99.1 Å². The third-order valence-corrected chi connectivity index (χ3v) is 12.8. The van der Waals surface area contributed by atoms with Crippen LogP contribution in [0.2, 0.25) is 5.02 Å². The van der Waals surface area contributed by atoms with Gasteiger partial charge in [-0.15, -0.1) is 12.4 Å². The van der Waals surface area contributed by atoms with Gasteiger partial charge in [0.05, 0.1) is 45.1 Å². The molecule has 2 unspecified atom stereocenters. The number of ether oxygens (including phenoxy) is 4. The van der Waals surface area contributed by atoms with Gasteiger partial charge in [0.2, 0.25) is 0 Å². The highest BCUT2D eigenvalue weighted by Crippen LogP contribution is 2.41. The summed E-state index contributed by atoms with van der Waals surface area (Å²) in [5.74, 6) is 3.46. The van der Waals surface area contributed by atoms with Crippen molar-refractivity contribution in [2.75, 3.05) is 84.2 Å². The topological polar surface area (TPSA) is 119 Å². The lowest BCUT2D eigenvalue weighted by Crippen LogP contribution is -2.43. The maximum Gasteiger partial charge on any atom is 0.177 e. The number of benzene rings is 4. The lowest BCUT2D eigenvalue weighted by molar-refractivity contribution is 0.0895. The number of hydrogen-bond donors (Lipinski definition) is 2. The van der Waals surface area contributed by atoms with Crippen LogP contribution in [0.15, 0.2) is 77.7 Å². The molecule has 4 aromatic rings. The lowest BCUT2D eigenvalue weighted by atomic mass is 9.85. The van der Waals surface area contributed by atoms with Gasteiger partial charge in [0, 0.05) is 72.8 Å². The number of ketones is 1. The molecule has 14 heteroatoms. The molecule has 2 N–H and O–H groups in total. The summed E-state index contributed by atoms with van der Waals surface area (Å²) in [6.07, 6.45) is 5.40. The third kappa shape index (κ3) is 11.3. The highest BCUT2D eigenvalue weighted by atomic mass is 35.5. The Balaban J connectivity index is 0.000000221. The fourth-order valence-corrected chi connectivity index (χ4v) is 9.43. The first-order chi connectivity index (χ1) is 27.9.